The molecular formula is C37H23N3. The number of aromatic nitrogens is 3. The molecule has 0 atom stereocenters. The molecule has 3 nitrogen and oxygen atoms in total. The van der Waals surface area contributed by atoms with Crippen LogP contribution >= 0.6 is 0 Å². The predicted octanol–water partition coefficient (Wildman–Crippen LogP) is 9.49. The Bertz CT molecular complexity index is 2110. The molecule has 7 aromatic carbocycles. The normalized spacial score (nSPS) is 11.5. The van der Waals surface area contributed by atoms with E-state index in [1.54, 1.807) is 0 Å². The molecule has 0 spiro atoms. The minimum atomic E-state index is 0.664. The Morgan fingerprint density at radius 2 is 0.725 bits per heavy atom. The van der Waals surface area contributed by atoms with Crippen LogP contribution in [-0.2, 0) is 0 Å². The minimum Gasteiger partial charge on any atom is -0.208 e. The van der Waals surface area contributed by atoms with Gasteiger partial charge in [-0.25, -0.2) is 15.0 Å². The van der Waals surface area contributed by atoms with Gasteiger partial charge in [0, 0.05) is 16.7 Å². The highest BCUT2D eigenvalue weighted by Gasteiger charge is 2.15. The van der Waals surface area contributed by atoms with Crippen LogP contribution in [0.4, 0.5) is 0 Å². The van der Waals surface area contributed by atoms with Crippen LogP contribution in [0.15, 0.2) is 140 Å². The number of fused-ring (bicyclic) bond motifs is 8. The second kappa shape index (κ2) is 9.11. The Hall–Kier alpha value is -5.41. The van der Waals surface area contributed by atoms with Gasteiger partial charge in [-0.1, -0.05) is 133 Å². The smallest absolute Gasteiger partial charge is 0.164 e. The van der Waals surface area contributed by atoms with Gasteiger partial charge in [-0.05, 0) is 49.2 Å². The van der Waals surface area contributed by atoms with Crippen LogP contribution in [0.5, 0.6) is 0 Å². The van der Waals surface area contributed by atoms with Gasteiger partial charge in [0.1, 0.15) is 0 Å². The van der Waals surface area contributed by atoms with Crippen LogP contribution < -0.4 is 0 Å². The van der Waals surface area contributed by atoms with E-state index in [0.29, 0.717) is 17.5 Å². The fourth-order valence-electron chi connectivity index (χ4n) is 5.80. The zero-order valence-electron chi connectivity index (χ0n) is 21.6. The van der Waals surface area contributed by atoms with E-state index in [0.717, 1.165) is 16.7 Å². The van der Waals surface area contributed by atoms with Gasteiger partial charge < -0.3 is 0 Å². The largest absolute Gasteiger partial charge is 0.208 e. The van der Waals surface area contributed by atoms with Gasteiger partial charge in [-0.3, -0.25) is 0 Å². The predicted molar refractivity (Wildman–Crippen MR) is 166 cm³/mol. The molecule has 0 aliphatic carbocycles. The lowest BCUT2D eigenvalue weighted by atomic mass is 9.90. The van der Waals surface area contributed by atoms with Crippen LogP contribution in [-0.4, -0.2) is 15.0 Å². The number of nitrogens with zero attached hydrogens (tertiary/aromatic N) is 3. The maximum atomic E-state index is 4.98. The second-order valence-electron chi connectivity index (χ2n) is 10.1. The monoisotopic (exact) mass is 509 g/mol. The first-order chi connectivity index (χ1) is 19.8. The molecule has 0 unspecified atom stereocenters. The average Bonchev–Trinajstić information content (AvgIpc) is 3.05. The first kappa shape index (κ1) is 22.6. The molecule has 0 amide bonds. The van der Waals surface area contributed by atoms with E-state index in [1.807, 2.05) is 60.7 Å². The standard InChI is InChI=1S/C37H23N3/c1-3-11-25(12-4-1)35-38-36(26-13-5-2-6-14-26)40-37(39-35)27-20-19-24-21-22-32-30-17-8-7-15-28(30)29-16-9-10-18-31(29)34(32)33(24)23-27/h1-23H. The summed E-state index contributed by atoms with van der Waals surface area (Å²) in [6.07, 6.45) is 0. The Balaban J connectivity index is 1.43. The summed E-state index contributed by atoms with van der Waals surface area (Å²) < 4.78 is 0. The number of hydrogen-bond donors (Lipinski definition) is 0. The summed E-state index contributed by atoms with van der Waals surface area (Å²) in [5.74, 6) is 1.99. The number of hydrogen-bond acceptors (Lipinski definition) is 3. The molecule has 0 fully saturated rings. The molecule has 0 saturated heterocycles. The molecule has 0 saturated carbocycles. The summed E-state index contributed by atoms with van der Waals surface area (Å²) >= 11 is 0. The summed E-state index contributed by atoms with van der Waals surface area (Å²) in [6.45, 7) is 0. The molecule has 0 aliphatic heterocycles. The summed E-state index contributed by atoms with van der Waals surface area (Å²) in [5.41, 5.74) is 2.90. The van der Waals surface area contributed by atoms with Crippen LogP contribution in [0.25, 0.3) is 77.3 Å². The van der Waals surface area contributed by atoms with Gasteiger partial charge in [0.25, 0.3) is 0 Å². The Morgan fingerprint density at radius 3 is 1.30 bits per heavy atom. The molecule has 186 valence electrons. The van der Waals surface area contributed by atoms with Crippen LogP contribution in [0, 0.1) is 0 Å². The van der Waals surface area contributed by atoms with E-state index in [4.69, 9.17) is 15.0 Å². The fraction of sp³-hybridized carbons (Fsp3) is 0. The van der Waals surface area contributed by atoms with E-state index in [9.17, 15) is 0 Å². The van der Waals surface area contributed by atoms with Gasteiger partial charge >= 0.3 is 0 Å². The quantitative estimate of drug-likeness (QED) is 0.223. The van der Waals surface area contributed by atoms with Gasteiger partial charge in [0.15, 0.2) is 17.5 Å². The van der Waals surface area contributed by atoms with Crippen molar-refractivity contribution >= 4 is 43.1 Å². The van der Waals surface area contributed by atoms with Crippen molar-refractivity contribution in [3.8, 4) is 34.2 Å². The lowest BCUT2D eigenvalue weighted by molar-refractivity contribution is 1.07. The van der Waals surface area contributed by atoms with E-state index < -0.39 is 0 Å². The summed E-state index contributed by atoms with van der Waals surface area (Å²) in [4.78, 5) is 14.8. The van der Waals surface area contributed by atoms with Gasteiger partial charge in [0.05, 0.1) is 0 Å². The van der Waals surface area contributed by atoms with E-state index >= 15 is 0 Å². The maximum Gasteiger partial charge on any atom is 0.164 e. The van der Waals surface area contributed by atoms with Gasteiger partial charge in [-0.15, -0.1) is 0 Å². The zero-order valence-corrected chi connectivity index (χ0v) is 21.6. The molecule has 8 rings (SSSR count). The minimum absolute atomic E-state index is 0.664. The molecule has 0 bridgehead atoms. The molecule has 40 heavy (non-hydrogen) atoms. The third-order valence-electron chi connectivity index (χ3n) is 7.68. The van der Waals surface area contributed by atoms with Crippen molar-refractivity contribution in [2.45, 2.75) is 0 Å². The summed E-state index contributed by atoms with van der Waals surface area (Å²) in [5, 5.41) is 9.96. The Morgan fingerprint density at radius 1 is 0.300 bits per heavy atom. The lowest BCUT2D eigenvalue weighted by Gasteiger charge is -2.14. The number of rotatable bonds is 3. The van der Waals surface area contributed by atoms with Crippen molar-refractivity contribution in [3.05, 3.63) is 140 Å². The van der Waals surface area contributed by atoms with E-state index in [1.165, 1.54) is 43.1 Å². The molecule has 8 aromatic rings. The highest BCUT2D eigenvalue weighted by molar-refractivity contribution is 6.31. The van der Waals surface area contributed by atoms with Crippen molar-refractivity contribution in [2.75, 3.05) is 0 Å². The van der Waals surface area contributed by atoms with Crippen LogP contribution in [0.1, 0.15) is 0 Å². The Labute approximate surface area is 231 Å². The molecule has 1 aromatic heterocycles. The van der Waals surface area contributed by atoms with Crippen LogP contribution in [0.2, 0.25) is 0 Å². The first-order valence-corrected chi connectivity index (χ1v) is 13.5. The third kappa shape index (κ3) is 3.63. The summed E-state index contributed by atoms with van der Waals surface area (Å²) in [7, 11) is 0. The van der Waals surface area contributed by atoms with Gasteiger partial charge in [0.2, 0.25) is 0 Å². The molecule has 0 aliphatic rings. The van der Waals surface area contributed by atoms with Crippen molar-refractivity contribution in [1.29, 1.82) is 0 Å². The topological polar surface area (TPSA) is 38.7 Å². The number of benzene rings is 7. The van der Waals surface area contributed by atoms with Crippen molar-refractivity contribution < 1.29 is 0 Å². The molecule has 0 N–H and O–H groups in total. The lowest BCUT2D eigenvalue weighted by Crippen LogP contribution is -2.00. The average molecular weight is 510 g/mol. The molecule has 0 radical (unpaired) electrons. The SMILES string of the molecule is c1ccc(-c2nc(-c3ccccc3)nc(-c3ccc4ccc5c6ccccc6c6ccccc6c5c4c3)n2)cc1. The molecule has 3 heteroatoms. The third-order valence-corrected chi connectivity index (χ3v) is 7.68. The van der Waals surface area contributed by atoms with Crippen molar-refractivity contribution in [3.63, 3.8) is 0 Å². The fourth-order valence-corrected chi connectivity index (χ4v) is 5.80. The van der Waals surface area contributed by atoms with Crippen LogP contribution in [0.3, 0.4) is 0 Å². The maximum absolute atomic E-state index is 4.98. The molecular weight excluding hydrogens is 486 g/mol. The molecule has 1 heterocycles. The van der Waals surface area contributed by atoms with Crippen molar-refractivity contribution in [1.82, 2.24) is 15.0 Å². The summed E-state index contributed by atoms with van der Waals surface area (Å²) in [6, 6.07) is 48.7. The highest BCUT2D eigenvalue weighted by atomic mass is 15.0. The van der Waals surface area contributed by atoms with Gasteiger partial charge in [-0.2, -0.15) is 0 Å². The second-order valence-corrected chi connectivity index (χ2v) is 10.1. The zero-order chi connectivity index (χ0) is 26.5. The Kier molecular flexibility index (Phi) is 5.14. The van der Waals surface area contributed by atoms with E-state index in [2.05, 4.69) is 78.9 Å². The van der Waals surface area contributed by atoms with Crippen molar-refractivity contribution in [2.24, 2.45) is 0 Å². The van der Waals surface area contributed by atoms with E-state index in [-0.39, 0.29) is 0 Å². The first-order valence-electron chi connectivity index (χ1n) is 13.5. The highest BCUT2D eigenvalue weighted by Crippen LogP contribution is 2.39.